The number of rotatable bonds is 7. The van der Waals surface area contributed by atoms with Gasteiger partial charge in [-0.25, -0.2) is 13.8 Å². The number of anilines is 1. The second kappa shape index (κ2) is 9.31. The summed E-state index contributed by atoms with van der Waals surface area (Å²) in [4.78, 5) is 22.4. The van der Waals surface area contributed by atoms with Crippen LogP contribution < -0.4 is 9.73 Å². The van der Waals surface area contributed by atoms with Crippen molar-refractivity contribution >= 4 is 45.1 Å². The quantitative estimate of drug-likeness (QED) is 0.372. The van der Waals surface area contributed by atoms with Crippen molar-refractivity contribution in [2.24, 2.45) is 5.10 Å². The summed E-state index contributed by atoms with van der Waals surface area (Å²) >= 11 is 5.86. The maximum absolute atomic E-state index is 13.0. The molecule has 0 saturated carbocycles. The van der Waals surface area contributed by atoms with E-state index in [4.69, 9.17) is 11.6 Å². The van der Waals surface area contributed by atoms with Crippen LogP contribution in [0.1, 0.15) is 11.1 Å². The smallest absolute Gasteiger partial charge is 0.271 e. The minimum absolute atomic E-state index is 0.0636. The van der Waals surface area contributed by atoms with Crippen molar-refractivity contribution in [1.29, 1.82) is 0 Å². The Balaban J connectivity index is 2.26. The van der Waals surface area contributed by atoms with Crippen molar-refractivity contribution in [3.8, 4) is 0 Å². The highest BCUT2D eigenvalue weighted by Gasteiger charge is 2.33. The average molecular weight is 479 g/mol. The number of nitrogens with zero attached hydrogens (tertiary/aromatic N) is 3. The maximum atomic E-state index is 13.0. The molecule has 0 saturated heterocycles. The molecule has 14 heteroatoms. The summed E-state index contributed by atoms with van der Waals surface area (Å²) in [6.07, 6.45) is -3.11. The third-order valence-corrected chi connectivity index (χ3v) is 5.20. The van der Waals surface area contributed by atoms with E-state index in [1.54, 1.807) is 0 Å². The molecule has 0 heterocycles. The third kappa shape index (κ3) is 6.39. The van der Waals surface area contributed by atoms with Crippen LogP contribution in [0.2, 0.25) is 5.02 Å². The van der Waals surface area contributed by atoms with E-state index < -0.39 is 44.8 Å². The number of nitrogens with one attached hydrogen (secondary N) is 1. The minimum Gasteiger partial charge on any atom is -0.271 e. The molecule has 0 atom stereocenters. The zero-order valence-corrected chi connectivity index (χ0v) is 17.2. The van der Waals surface area contributed by atoms with E-state index >= 15 is 0 Å². The number of hydrogen-bond acceptors (Lipinski definition) is 6. The molecule has 0 radical (unpaired) electrons. The Morgan fingerprint density at radius 2 is 1.94 bits per heavy atom. The normalized spacial score (nSPS) is 12.0. The summed E-state index contributed by atoms with van der Waals surface area (Å²) in [7, 11) is -4.21. The van der Waals surface area contributed by atoms with Gasteiger partial charge in [0, 0.05) is 6.07 Å². The Bertz CT molecular complexity index is 1140. The fraction of sp³-hybridized carbons (Fsp3) is 0.176. The maximum Gasteiger partial charge on any atom is 0.416 e. The van der Waals surface area contributed by atoms with Crippen molar-refractivity contribution in [2.75, 3.05) is 17.1 Å². The fourth-order valence-corrected chi connectivity index (χ4v) is 3.49. The van der Waals surface area contributed by atoms with Gasteiger partial charge in [-0.15, -0.1) is 0 Å². The Kier molecular flexibility index (Phi) is 7.23. The number of para-hydroxylation sites is 1. The second-order valence-corrected chi connectivity index (χ2v) is 8.36. The number of nitro benzene ring substituents is 1. The van der Waals surface area contributed by atoms with Gasteiger partial charge in [-0.3, -0.25) is 19.2 Å². The Hall–Kier alpha value is -3.19. The van der Waals surface area contributed by atoms with Crippen LogP contribution in [0.25, 0.3) is 0 Å². The fourth-order valence-electron chi connectivity index (χ4n) is 2.36. The van der Waals surface area contributed by atoms with Gasteiger partial charge in [-0.2, -0.15) is 18.3 Å². The number of alkyl halides is 3. The summed E-state index contributed by atoms with van der Waals surface area (Å²) in [5.41, 5.74) is 0.0490. The molecule has 0 spiro atoms. The molecule has 0 aliphatic heterocycles. The molecule has 0 aliphatic carbocycles. The van der Waals surface area contributed by atoms with Gasteiger partial charge in [-0.05, 0) is 24.3 Å². The van der Waals surface area contributed by atoms with Crippen LogP contribution in [0, 0.1) is 10.1 Å². The van der Waals surface area contributed by atoms with Gasteiger partial charge in [0.2, 0.25) is 10.0 Å². The van der Waals surface area contributed by atoms with Crippen LogP contribution in [-0.2, 0) is 21.0 Å². The molecule has 9 nitrogen and oxygen atoms in total. The van der Waals surface area contributed by atoms with E-state index in [0.29, 0.717) is 22.7 Å². The molecule has 2 rings (SSSR count). The van der Waals surface area contributed by atoms with Crippen LogP contribution in [0.5, 0.6) is 0 Å². The lowest BCUT2D eigenvalue weighted by atomic mass is 10.2. The lowest BCUT2D eigenvalue weighted by molar-refractivity contribution is -0.385. The van der Waals surface area contributed by atoms with Crippen LogP contribution >= 0.6 is 11.6 Å². The summed E-state index contributed by atoms with van der Waals surface area (Å²) in [6, 6.07) is 7.54. The highest BCUT2D eigenvalue weighted by Crippen LogP contribution is 2.36. The highest BCUT2D eigenvalue weighted by molar-refractivity contribution is 7.92. The van der Waals surface area contributed by atoms with Gasteiger partial charge >= 0.3 is 6.18 Å². The molecule has 31 heavy (non-hydrogen) atoms. The summed E-state index contributed by atoms with van der Waals surface area (Å²) in [5, 5.41) is 14.2. The van der Waals surface area contributed by atoms with Gasteiger partial charge in [-0.1, -0.05) is 23.7 Å². The largest absolute Gasteiger partial charge is 0.416 e. The number of hydrogen-bond donors (Lipinski definition) is 1. The van der Waals surface area contributed by atoms with Crippen LogP contribution in [0.15, 0.2) is 47.6 Å². The average Bonchev–Trinajstić information content (AvgIpc) is 2.65. The lowest BCUT2D eigenvalue weighted by Gasteiger charge is -2.23. The van der Waals surface area contributed by atoms with Crippen molar-refractivity contribution in [3.63, 3.8) is 0 Å². The summed E-state index contributed by atoms with van der Waals surface area (Å²) < 4.78 is 63.5. The molecule has 0 fully saturated rings. The molecule has 2 aromatic rings. The van der Waals surface area contributed by atoms with Gasteiger partial charge in [0.1, 0.15) is 6.54 Å². The van der Waals surface area contributed by atoms with E-state index in [1.165, 1.54) is 24.3 Å². The van der Waals surface area contributed by atoms with Gasteiger partial charge in [0.25, 0.3) is 11.6 Å². The summed E-state index contributed by atoms with van der Waals surface area (Å²) in [5.74, 6) is -1.02. The first-order chi connectivity index (χ1) is 14.3. The van der Waals surface area contributed by atoms with Gasteiger partial charge < -0.3 is 0 Å². The predicted molar refractivity (Wildman–Crippen MR) is 107 cm³/mol. The molecule has 1 N–H and O–H groups in total. The van der Waals surface area contributed by atoms with Crippen LogP contribution in [0.3, 0.4) is 0 Å². The Morgan fingerprint density at radius 1 is 1.29 bits per heavy atom. The second-order valence-electron chi connectivity index (χ2n) is 6.04. The van der Waals surface area contributed by atoms with Crippen LogP contribution in [0.4, 0.5) is 24.5 Å². The number of sulfonamides is 1. The zero-order valence-electron chi connectivity index (χ0n) is 15.6. The Labute approximate surface area is 179 Å². The first kappa shape index (κ1) is 24.1. The minimum atomic E-state index is -4.76. The Morgan fingerprint density at radius 3 is 2.52 bits per heavy atom. The SMILES string of the molecule is CS(=O)(=O)N(CC(=O)N/N=C/c1ccccc1[N+](=O)[O-])c1cc(C(F)(F)F)ccc1Cl. The first-order valence-electron chi connectivity index (χ1n) is 8.20. The molecule has 0 bridgehead atoms. The highest BCUT2D eigenvalue weighted by atomic mass is 35.5. The van der Waals surface area contributed by atoms with E-state index in [1.807, 2.05) is 5.43 Å². The lowest BCUT2D eigenvalue weighted by Crippen LogP contribution is -2.39. The van der Waals surface area contributed by atoms with Crippen molar-refractivity contribution in [1.82, 2.24) is 5.43 Å². The molecule has 0 aromatic heterocycles. The topological polar surface area (TPSA) is 122 Å². The standard InChI is InChI=1S/C17H14ClF3N4O5S/c1-31(29,30)24(15-8-12(17(19,20)21)6-7-13(15)18)10-16(26)23-22-9-11-4-2-3-5-14(11)25(27)28/h2-9H,10H2,1H3,(H,23,26)/b22-9+. The van der Waals surface area contributed by atoms with Crippen molar-refractivity contribution < 1.29 is 31.3 Å². The first-order valence-corrected chi connectivity index (χ1v) is 10.4. The number of benzene rings is 2. The predicted octanol–water partition coefficient (Wildman–Crippen LogP) is 3.18. The van der Waals surface area contributed by atoms with Gasteiger partial charge in [0.05, 0.1) is 39.2 Å². The molecule has 166 valence electrons. The van der Waals surface area contributed by atoms with Crippen molar-refractivity contribution in [2.45, 2.75) is 6.18 Å². The number of halogens is 4. The molecule has 2 aromatic carbocycles. The number of carbonyl (C=O) groups is 1. The zero-order chi connectivity index (χ0) is 23.4. The summed E-state index contributed by atoms with van der Waals surface area (Å²) in [6.45, 7) is -0.936. The molecule has 0 aliphatic rings. The van der Waals surface area contributed by atoms with E-state index in [0.717, 1.165) is 12.3 Å². The van der Waals surface area contributed by atoms with E-state index in [2.05, 4.69) is 5.10 Å². The molecule has 0 unspecified atom stereocenters. The van der Waals surface area contributed by atoms with Crippen LogP contribution in [-0.4, -0.2) is 38.3 Å². The third-order valence-electron chi connectivity index (χ3n) is 3.76. The van der Waals surface area contributed by atoms with Crippen molar-refractivity contribution in [3.05, 3.63) is 68.7 Å². The number of nitro groups is 1. The number of carbonyl (C=O) groups excluding carboxylic acids is 1. The van der Waals surface area contributed by atoms with Gasteiger partial charge in [0.15, 0.2) is 0 Å². The number of hydrazone groups is 1. The molecular formula is C17H14ClF3N4O5S. The monoisotopic (exact) mass is 478 g/mol. The van der Waals surface area contributed by atoms with E-state index in [-0.39, 0.29) is 16.3 Å². The van der Waals surface area contributed by atoms with E-state index in [9.17, 15) is 36.5 Å². The molecular weight excluding hydrogens is 465 g/mol. The molecule has 1 amide bonds. The number of amides is 1.